The first kappa shape index (κ1) is 13.0. The Morgan fingerprint density at radius 3 is 2.85 bits per heavy atom. The Balaban J connectivity index is 2.09. The van der Waals surface area contributed by atoms with Crippen LogP contribution in [0.4, 0.5) is 0 Å². The lowest BCUT2D eigenvalue weighted by atomic mass is 9.98. The molecule has 1 amide bonds. The van der Waals surface area contributed by atoms with E-state index in [2.05, 4.69) is 54.1 Å². The first-order valence-corrected chi connectivity index (χ1v) is 7.21. The summed E-state index contributed by atoms with van der Waals surface area (Å²) in [6, 6.07) is 12.7. The molecule has 2 heterocycles. The zero-order valence-electron chi connectivity index (χ0n) is 12.0. The van der Waals surface area contributed by atoms with Crippen LogP contribution in [0.15, 0.2) is 42.6 Å². The van der Waals surface area contributed by atoms with E-state index < -0.39 is 0 Å². The van der Waals surface area contributed by atoms with Crippen LogP contribution in [0.5, 0.6) is 0 Å². The van der Waals surface area contributed by atoms with E-state index in [-0.39, 0.29) is 11.9 Å². The van der Waals surface area contributed by atoms with Gasteiger partial charge in [-0.15, -0.1) is 0 Å². The molecular weight excluding hydrogens is 248 g/mol. The number of benzene rings is 1. The fraction of sp³-hybridized carbons (Fsp3) is 0.353. The molecule has 3 rings (SSSR count). The molecule has 1 aromatic heterocycles. The molecule has 0 aliphatic carbocycles. The van der Waals surface area contributed by atoms with E-state index in [4.69, 9.17) is 0 Å². The lowest BCUT2D eigenvalue weighted by molar-refractivity contribution is -0.133. The molecule has 1 atom stereocenters. The summed E-state index contributed by atoms with van der Waals surface area (Å²) < 4.78 is 2.26. The van der Waals surface area contributed by atoms with Crippen molar-refractivity contribution in [2.45, 2.75) is 32.9 Å². The Bertz CT molecular complexity index is 629. The van der Waals surface area contributed by atoms with Crippen LogP contribution in [-0.4, -0.2) is 21.9 Å². The van der Waals surface area contributed by atoms with Gasteiger partial charge in [0.25, 0.3) is 0 Å². The number of carbonyl (C=O) groups is 1. The molecule has 1 aliphatic heterocycles. The van der Waals surface area contributed by atoms with E-state index in [1.54, 1.807) is 0 Å². The number of aromatic nitrogens is 1. The second-order valence-electron chi connectivity index (χ2n) is 5.38. The summed E-state index contributed by atoms with van der Waals surface area (Å²) in [5.41, 5.74) is 3.64. The number of fused-ring (bicyclic) bond motifs is 1. The van der Waals surface area contributed by atoms with Crippen molar-refractivity contribution < 1.29 is 4.79 Å². The molecule has 0 saturated carbocycles. The van der Waals surface area contributed by atoms with Gasteiger partial charge in [0.05, 0.1) is 6.04 Å². The molecule has 0 radical (unpaired) electrons. The van der Waals surface area contributed by atoms with E-state index in [0.717, 1.165) is 13.1 Å². The van der Waals surface area contributed by atoms with Gasteiger partial charge in [0.1, 0.15) is 0 Å². The zero-order chi connectivity index (χ0) is 14.1. The lowest BCUT2D eigenvalue weighted by Crippen LogP contribution is -2.42. The molecule has 3 nitrogen and oxygen atoms in total. The van der Waals surface area contributed by atoms with Gasteiger partial charge < -0.3 is 9.47 Å². The Kier molecular flexibility index (Phi) is 3.35. The number of nitrogens with zero attached hydrogens (tertiary/aromatic N) is 2. The van der Waals surface area contributed by atoms with E-state index in [1.807, 2.05) is 11.8 Å². The second-order valence-corrected chi connectivity index (χ2v) is 5.38. The molecule has 3 heteroatoms. The standard InChI is InChI=1S/C17H20N2O/c1-3-16(20)19-11-10-18-9-5-8-15(18)17(19)14-7-4-6-13(2)12-14/h4-9,12,17H,3,10-11H2,1-2H3. The van der Waals surface area contributed by atoms with Crippen LogP contribution in [-0.2, 0) is 11.3 Å². The summed E-state index contributed by atoms with van der Waals surface area (Å²) in [5, 5.41) is 0. The number of amides is 1. The minimum Gasteiger partial charge on any atom is -0.348 e. The largest absolute Gasteiger partial charge is 0.348 e. The molecule has 0 spiro atoms. The van der Waals surface area contributed by atoms with Crippen LogP contribution in [0.1, 0.15) is 36.2 Å². The van der Waals surface area contributed by atoms with Crippen LogP contribution in [0.2, 0.25) is 0 Å². The van der Waals surface area contributed by atoms with Gasteiger partial charge in [-0.2, -0.15) is 0 Å². The fourth-order valence-electron chi connectivity index (χ4n) is 3.05. The van der Waals surface area contributed by atoms with Gasteiger partial charge >= 0.3 is 0 Å². The molecule has 1 aliphatic rings. The molecule has 2 aromatic rings. The third kappa shape index (κ3) is 2.13. The second kappa shape index (κ2) is 5.16. The number of aryl methyl sites for hydroxylation is 1. The smallest absolute Gasteiger partial charge is 0.223 e. The molecule has 20 heavy (non-hydrogen) atoms. The predicted octanol–water partition coefficient (Wildman–Crippen LogP) is 3.14. The first-order valence-electron chi connectivity index (χ1n) is 7.21. The number of rotatable bonds is 2. The van der Waals surface area contributed by atoms with Gasteiger partial charge in [-0.1, -0.05) is 36.8 Å². The predicted molar refractivity (Wildman–Crippen MR) is 79.5 cm³/mol. The normalized spacial score (nSPS) is 17.9. The van der Waals surface area contributed by atoms with Crippen molar-refractivity contribution in [3.63, 3.8) is 0 Å². The maximum absolute atomic E-state index is 12.3. The molecule has 0 fully saturated rings. The first-order chi connectivity index (χ1) is 9.70. The van der Waals surface area contributed by atoms with Gasteiger partial charge in [0.2, 0.25) is 5.91 Å². The molecule has 0 bridgehead atoms. The molecule has 0 N–H and O–H groups in total. The Labute approximate surface area is 119 Å². The van der Waals surface area contributed by atoms with Crippen molar-refractivity contribution in [2.75, 3.05) is 6.54 Å². The van der Waals surface area contributed by atoms with Gasteiger partial charge in [-0.3, -0.25) is 4.79 Å². The summed E-state index contributed by atoms with van der Waals surface area (Å²) in [6.07, 6.45) is 2.66. The van der Waals surface area contributed by atoms with Gasteiger partial charge in [-0.05, 0) is 24.6 Å². The highest BCUT2D eigenvalue weighted by atomic mass is 16.2. The van der Waals surface area contributed by atoms with E-state index in [9.17, 15) is 4.79 Å². The summed E-state index contributed by atoms with van der Waals surface area (Å²) in [6.45, 7) is 5.70. The maximum Gasteiger partial charge on any atom is 0.223 e. The molecular formula is C17H20N2O. The van der Waals surface area contributed by atoms with Crippen molar-refractivity contribution in [2.24, 2.45) is 0 Å². The number of hydrogen-bond donors (Lipinski definition) is 0. The fourth-order valence-corrected chi connectivity index (χ4v) is 3.05. The summed E-state index contributed by atoms with van der Waals surface area (Å²) in [7, 11) is 0. The molecule has 0 saturated heterocycles. The van der Waals surface area contributed by atoms with Crippen LogP contribution in [0.3, 0.4) is 0 Å². The summed E-state index contributed by atoms with van der Waals surface area (Å²) in [4.78, 5) is 14.3. The lowest BCUT2D eigenvalue weighted by Gasteiger charge is -2.37. The van der Waals surface area contributed by atoms with Crippen LogP contribution in [0, 0.1) is 6.92 Å². The van der Waals surface area contributed by atoms with E-state index in [0.29, 0.717) is 6.42 Å². The van der Waals surface area contributed by atoms with Crippen molar-refractivity contribution in [1.82, 2.24) is 9.47 Å². The van der Waals surface area contributed by atoms with Crippen molar-refractivity contribution >= 4 is 5.91 Å². The molecule has 1 aromatic carbocycles. The average molecular weight is 268 g/mol. The Morgan fingerprint density at radius 1 is 1.25 bits per heavy atom. The maximum atomic E-state index is 12.3. The van der Waals surface area contributed by atoms with Gasteiger partial charge in [0, 0.05) is 31.4 Å². The highest BCUT2D eigenvalue weighted by Crippen LogP contribution is 2.33. The molecule has 1 unspecified atom stereocenters. The minimum atomic E-state index is 0.0473. The van der Waals surface area contributed by atoms with Gasteiger partial charge in [0.15, 0.2) is 0 Å². The van der Waals surface area contributed by atoms with Crippen molar-refractivity contribution in [3.8, 4) is 0 Å². The molecule has 104 valence electrons. The topological polar surface area (TPSA) is 25.2 Å². The minimum absolute atomic E-state index is 0.0473. The third-order valence-electron chi connectivity index (χ3n) is 4.02. The number of carbonyl (C=O) groups excluding carboxylic acids is 1. The third-order valence-corrected chi connectivity index (χ3v) is 4.02. The average Bonchev–Trinajstić information content (AvgIpc) is 2.93. The summed E-state index contributed by atoms with van der Waals surface area (Å²) in [5.74, 6) is 0.226. The van der Waals surface area contributed by atoms with Crippen molar-refractivity contribution in [3.05, 3.63) is 59.4 Å². The summed E-state index contributed by atoms with van der Waals surface area (Å²) >= 11 is 0. The van der Waals surface area contributed by atoms with Crippen LogP contribution < -0.4 is 0 Å². The van der Waals surface area contributed by atoms with Crippen LogP contribution in [0.25, 0.3) is 0 Å². The van der Waals surface area contributed by atoms with E-state index >= 15 is 0 Å². The highest BCUT2D eigenvalue weighted by molar-refractivity contribution is 5.77. The quantitative estimate of drug-likeness (QED) is 0.821. The highest BCUT2D eigenvalue weighted by Gasteiger charge is 2.31. The Morgan fingerprint density at radius 2 is 2.10 bits per heavy atom. The van der Waals surface area contributed by atoms with Crippen molar-refractivity contribution in [1.29, 1.82) is 0 Å². The monoisotopic (exact) mass is 268 g/mol. The zero-order valence-corrected chi connectivity index (χ0v) is 12.0. The number of hydrogen-bond acceptors (Lipinski definition) is 1. The SMILES string of the molecule is CCC(=O)N1CCn2cccc2C1c1cccc(C)c1. The van der Waals surface area contributed by atoms with Crippen LogP contribution >= 0.6 is 0 Å². The van der Waals surface area contributed by atoms with E-state index in [1.165, 1.54) is 16.8 Å². The van der Waals surface area contributed by atoms with Gasteiger partial charge in [-0.25, -0.2) is 0 Å². The Hall–Kier alpha value is -2.03.